The van der Waals surface area contributed by atoms with E-state index in [1.54, 1.807) is 42.2 Å². The molecule has 2 amide bonds. The summed E-state index contributed by atoms with van der Waals surface area (Å²) in [6, 6.07) is 10.1. The Hall–Kier alpha value is -4.23. The van der Waals surface area contributed by atoms with E-state index in [4.69, 9.17) is 4.74 Å². The van der Waals surface area contributed by atoms with Crippen LogP contribution in [-0.4, -0.2) is 63.8 Å². The molecule has 1 aliphatic rings. The molecule has 0 spiro atoms. The van der Waals surface area contributed by atoms with E-state index >= 15 is 0 Å². The number of benzene rings is 2. The predicted molar refractivity (Wildman–Crippen MR) is 136 cm³/mol. The first-order valence-electron chi connectivity index (χ1n) is 11.9. The molecule has 3 heterocycles. The summed E-state index contributed by atoms with van der Waals surface area (Å²) in [7, 11) is 1.75. The molecule has 1 aliphatic heterocycles. The molecule has 4 aromatic rings. The quantitative estimate of drug-likeness (QED) is 0.343. The largest absolute Gasteiger partial charge is 0.416 e. The Balaban J connectivity index is 1.27. The molecular formula is C25H25F3N8O2. The van der Waals surface area contributed by atoms with Gasteiger partial charge in [-0.2, -0.15) is 13.2 Å². The van der Waals surface area contributed by atoms with Crippen LogP contribution in [-0.2, 0) is 17.5 Å². The summed E-state index contributed by atoms with van der Waals surface area (Å²) < 4.78 is 48.4. The number of imidazole rings is 1. The molecule has 1 saturated heterocycles. The van der Waals surface area contributed by atoms with E-state index in [1.165, 1.54) is 18.5 Å². The fourth-order valence-corrected chi connectivity index (χ4v) is 4.26. The molecule has 0 unspecified atom stereocenters. The maximum Gasteiger partial charge on any atom is 0.416 e. The highest BCUT2D eigenvalue weighted by Gasteiger charge is 2.34. The number of anilines is 3. The predicted octanol–water partition coefficient (Wildman–Crippen LogP) is 4.35. The number of rotatable bonds is 6. The number of ether oxygens (including phenoxy) is 1. The monoisotopic (exact) mass is 526 g/mol. The normalized spacial score (nSPS) is 14.4. The number of alkyl halides is 3. The van der Waals surface area contributed by atoms with Gasteiger partial charge in [0.1, 0.15) is 12.7 Å². The summed E-state index contributed by atoms with van der Waals surface area (Å²) in [6.45, 7) is 2.28. The number of carbonyl (C=O) groups is 1. The third kappa shape index (κ3) is 5.53. The first-order chi connectivity index (χ1) is 18.3. The zero-order valence-corrected chi connectivity index (χ0v) is 20.4. The number of aromatic nitrogens is 4. The number of amides is 2. The Morgan fingerprint density at radius 2 is 1.71 bits per heavy atom. The van der Waals surface area contributed by atoms with E-state index < -0.39 is 17.8 Å². The summed E-state index contributed by atoms with van der Waals surface area (Å²) in [5, 5.41) is 8.10. The molecule has 0 aliphatic carbocycles. The molecule has 5 rings (SSSR count). The zero-order valence-electron chi connectivity index (χ0n) is 20.4. The Kier molecular flexibility index (Phi) is 7.11. The Morgan fingerprint density at radius 3 is 2.42 bits per heavy atom. The molecule has 10 nitrogen and oxygen atoms in total. The van der Waals surface area contributed by atoms with E-state index in [1.807, 2.05) is 4.90 Å². The van der Waals surface area contributed by atoms with Crippen molar-refractivity contribution in [2.45, 2.75) is 12.7 Å². The van der Waals surface area contributed by atoms with Gasteiger partial charge in [-0.3, -0.25) is 9.47 Å². The SMILES string of the molecule is CNc1ncnc2c1ncn2-c1ccc(NC(=O)Nc2ccc(CN3CCOCC3)c(C(F)(F)F)c2)cc1. The smallest absolute Gasteiger partial charge is 0.379 e. The highest BCUT2D eigenvalue weighted by Crippen LogP contribution is 2.34. The van der Waals surface area contributed by atoms with Gasteiger partial charge in [-0.1, -0.05) is 6.07 Å². The van der Waals surface area contributed by atoms with Gasteiger partial charge in [-0.15, -0.1) is 0 Å². The van der Waals surface area contributed by atoms with E-state index in [2.05, 4.69) is 30.9 Å². The van der Waals surface area contributed by atoms with Crippen molar-refractivity contribution in [3.63, 3.8) is 0 Å². The van der Waals surface area contributed by atoms with E-state index in [0.717, 1.165) is 11.8 Å². The maximum absolute atomic E-state index is 13.8. The average molecular weight is 527 g/mol. The van der Waals surface area contributed by atoms with Crippen LogP contribution in [0.4, 0.5) is 35.2 Å². The average Bonchev–Trinajstić information content (AvgIpc) is 3.34. The minimum Gasteiger partial charge on any atom is -0.379 e. The maximum atomic E-state index is 13.8. The van der Waals surface area contributed by atoms with Crippen LogP contribution in [0, 0.1) is 0 Å². The first-order valence-corrected chi connectivity index (χ1v) is 11.9. The zero-order chi connectivity index (χ0) is 26.7. The molecule has 1 fully saturated rings. The second kappa shape index (κ2) is 10.6. The standard InChI is InChI=1S/C25H25F3N8O2/c1-29-22-21-23(31-14-30-22)36(15-32-21)19-6-4-17(5-7-19)33-24(37)34-18-3-2-16(20(12-18)25(26,27)28)13-35-8-10-38-11-9-35/h2-7,12,14-15H,8-11,13H2,1H3,(H,29,30,31)(H2,33,34,37). The molecule has 198 valence electrons. The third-order valence-corrected chi connectivity index (χ3v) is 6.14. The van der Waals surface area contributed by atoms with Crippen LogP contribution in [0.1, 0.15) is 11.1 Å². The van der Waals surface area contributed by atoms with Crippen molar-refractivity contribution >= 4 is 34.4 Å². The molecule has 0 radical (unpaired) electrons. The summed E-state index contributed by atoms with van der Waals surface area (Å²) in [5.74, 6) is 0.603. The van der Waals surface area contributed by atoms with Crippen molar-refractivity contribution in [3.05, 3.63) is 66.2 Å². The van der Waals surface area contributed by atoms with E-state index in [0.29, 0.717) is 49.0 Å². The second-order valence-corrected chi connectivity index (χ2v) is 8.64. The summed E-state index contributed by atoms with van der Waals surface area (Å²) in [6.07, 6.45) is -1.50. The molecule has 0 atom stereocenters. The third-order valence-electron chi connectivity index (χ3n) is 6.14. The van der Waals surface area contributed by atoms with Gasteiger partial charge in [-0.05, 0) is 42.0 Å². The van der Waals surface area contributed by atoms with Crippen LogP contribution in [0.25, 0.3) is 16.9 Å². The van der Waals surface area contributed by atoms with Crippen LogP contribution >= 0.6 is 0 Å². The van der Waals surface area contributed by atoms with E-state index in [9.17, 15) is 18.0 Å². The Labute approximate surface area is 215 Å². The number of morpholine rings is 1. The lowest BCUT2D eigenvalue weighted by atomic mass is 10.0. The van der Waals surface area contributed by atoms with Gasteiger partial charge in [0.15, 0.2) is 17.0 Å². The number of nitrogens with zero attached hydrogens (tertiary/aromatic N) is 5. The molecule has 3 N–H and O–H groups in total. The molecule has 0 saturated carbocycles. The molecule has 2 aromatic carbocycles. The van der Waals surface area contributed by atoms with Crippen LogP contribution in [0.2, 0.25) is 0 Å². The highest BCUT2D eigenvalue weighted by atomic mass is 19.4. The first kappa shape index (κ1) is 25.4. The van der Waals surface area contributed by atoms with Crippen molar-refractivity contribution in [3.8, 4) is 5.69 Å². The number of hydrogen-bond donors (Lipinski definition) is 3. The van der Waals surface area contributed by atoms with Gasteiger partial charge >= 0.3 is 12.2 Å². The minimum atomic E-state index is -4.55. The lowest BCUT2D eigenvalue weighted by molar-refractivity contribution is -0.138. The number of fused-ring (bicyclic) bond motifs is 1. The van der Waals surface area contributed by atoms with Gasteiger partial charge in [0.2, 0.25) is 0 Å². The van der Waals surface area contributed by atoms with Gasteiger partial charge in [0.25, 0.3) is 0 Å². The van der Waals surface area contributed by atoms with Gasteiger partial charge in [-0.25, -0.2) is 19.7 Å². The van der Waals surface area contributed by atoms with Gasteiger partial charge in [0.05, 0.1) is 18.8 Å². The van der Waals surface area contributed by atoms with Crippen molar-refractivity contribution < 1.29 is 22.7 Å². The van der Waals surface area contributed by atoms with Crippen molar-refractivity contribution in [1.82, 2.24) is 24.4 Å². The van der Waals surface area contributed by atoms with Crippen molar-refractivity contribution in [2.75, 3.05) is 49.3 Å². The number of nitrogens with one attached hydrogen (secondary N) is 3. The van der Waals surface area contributed by atoms with Crippen molar-refractivity contribution in [1.29, 1.82) is 0 Å². The second-order valence-electron chi connectivity index (χ2n) is 8.64. The van der Waals surface area contributed by atoms with Crippen molar-refractivity contribution in [2.24, 2.45) is 0 Å². The number of hydrogen-bond acceptors (Lipinski definition) is 7. The van der Waals surface area contributed by atoms with E-state index in [-0.39, 0.29) is 17.8 Å². The number of urea groups is 1. The lowest BCUT2D eigenvalue weighted by Gasteiger charge is -2.27. The minimum absolute atomic E-state index is 0.0436. The summed E-state index contributed by atoms with van der Waals surface area (Å²) >= 11 is 0. The molecule has 0 bridgehead atoms. The highest BCUT2D eigenvalue weighted by molar-refractivity contribution is 5.99. The molecule has 38 heavy (non-hydrogen) atoms. The fourth-order valence-electron chi connectivity index (χ4n) is 4.26. The van der Waals surface area contributed by atoms with Crippen LogP contribution in [0.3, 0.4) is 0 Å². The van der Waals surface area contributed by atoms with Crippen LogP contribution in [0.15, 0.2) is 55.1 Å². The molecule has 13 heteroatoms. The van der Waals surface area contributed by atoms with Crippen LogP contribution < -0.4 is 16.0 Å². The summed E-state index contributed by atoms with van der Waals surface area (Å²) in [4.78, 5) is 27.2. The number of carbonyl (C=O) groups excluding carboxylic acids is 1. The topological polar surface area (TPSA) is 109 Å². The lowest BCUT2D eigenvalue weighted by Crippen LogP contribution is -2.36. The number of halogens is 3. The summed E-state index contributed by atoms with van der Waals surface area (Å²) in [5.41, 5.74) is 1.86. The van der Waals surface area contributed by atoms with Gasteiger partial charge in [0, 0.05) is 43.7 Å². The van der Waals surface area contributed by atoms with Crippen LogP contribution in [0.5, 0.6) is 0 Å². The Morgan fingerprint density at radius 1 is 1.00 bits per heavy atom. The fraction of sp³-hybridized carbons (Fsp3) is 0.280. The molecular weight excluding hydrogens is 501 g/mol. The van der Waals surface area contributed by atoms with Gasteiger partial charge < -0.3 is 20.7 Å². The molecule has 2 aromatic heterocycles. The Bertz CT molecular complexity index is 1430.